The van der Waals surface area contributed by atoms with Crippen LogP contribution < -0.4 is 5.43 Å². The highest BCUT2D eigenvalue weighted by Crippen LogP contribution is 2.22. The SMILES string of the molecule is Cc1nn(-c2ccc(F)cc2)c(Cl)c1/C=N/Nc1ccc(Cl)cc1. The lowest BCUT2D eigenvalue weighted by atomic mass is 10.3. The smallest absolute Gasteiger partial charge is 0.142 e. The lowest BCUT2D eigenvalue weighted by Gasteiger charge is -2.02. The van der Waals surface area contributed by atoms with E-state index < -0.39 is 0 Å². The lowest BCUT2D eigenvalue weighted by Crippen LogP contribution is -1.97. The predicted octanol–water partition coefficient (Wildman–Crippen LogP) is 5.07. The Bertz CT molecular complexity index is 871. The van der Waals surface area contributed by atoms with Crippen LogP contribution in [0.25, 0.3) is 5.69 Å². The van der Waals surface area contributed by atoms with Gasteiger partial charge in [0, 0.05) is 5.02 Å². The van der Waals surface area contributed by atoms with E-state index in [2.05, 4.69) is 15.6 Å². The Morgan fingerprint density at radius 2 is 1.75 bits per heavy atom. The van der Waals surface area contributed by atoms with Crippen LogP contribution in [-0.4, -0.2) is 16.0 Å². The molecule has 0 amide bonds. The van der Waals surface area contributed by atoms with Crippen LogP contribution in [-0.2, 0) is 0 Å². The molecule has 0 aliphatic heterocycles. The first-order chi connectivity index (χ1) is 11.5. The van der Waals surface area contributed by atoms with Gasteiger partial charge in [-0.2, -0.15) is 10.2 Å². The molecule has 24 heavy (non-hydrogen) atoms. The van der Waals surface area contributed by atoms with E-state index >= 15 is 0 Å². The molecule has 3 rings (SSSR count). The fourth-order valence-corrected chi connectivity index (χ4v) is 2.55. The molecule has 7 heteroatoms. The van der Waals surface area contributed by atoms with Crippen molar-refractivity contribution in [2.45, 2.75) is 6.92 Å². The van der Waals surface area contributed by atoms with Gasteiger partial charge in [0.25, 0.3) is 0 Å². The van der Waals surface area contributed by atoms with E-state index in [0.29, 0.717) is 27.1 Å². The van der Waals surface area contributed by atoms with E-state index in [0.717, 1.165) is 5.69 Å². The normalized spacial score (nSPS) is 11.2. The van der Waals surface area contributed by atoms with Gasteiger partial charge in [0.15, 0.2) is 0 Å². The van der Waals surface area contributed by atoms with Crippen LogP contribution in [0.5, 0.6) is 0 Å². The van der Waals surface area contributed by atoms with E-state index in [-0.39, 0.29) is 5.82 Å². The molecule has 1 aromatic heterocycles. The molecule has 0 atom stereocenters. The van der Waals surface area contributed by atoms with Gasteiger partial charge in [-0.05, 0) is 55.5 Å². The van der Waals surface area contributed by atoms with Crippen LogP contribution in [0.15, 0.2) is 53.6 Å². The molecule has 0 saturated carbocycles. The largest absolute Gasteiger partial charge is 0.279 e. The van der Waals surface area contributed by atoms with Crippen molar-refractivity contribution in [3.63, 3.8) is 0 Å². The number of halogens is 3. The highest BCUT2D eigenvalue weighted by molar-refractivity contribution is 6.32. The highest BCUT2D eigenvalue weighted by Gasteiger charge is 2.13. The van der Waals surface area contributed by atoms with Gasteiger partial charge in [-0.3, -0.25) is 5.43 Å². The van der Waals surface area contributed by atoms with Gasteiger partial charge >= 0.3 is 0 Å². The summed E-state index contributed by atoms with van der Waals surface area (Å²) in [6, 6.07) is 13.1. The summed E-state index contributed by atoms with van der Waals surface area (Å²) in [4.78, 5) is 0. The summed E-state index contributed by atoms with van der Waals surface area (Å²) in [5.41, 5.74) is 5.77. The molecule has 4 nitrogen and oxygen atoms in total. The predicted molar refractivity (Wildman–Crippen MR) is 95.9 cm³/mol. The second-order valence-electron chi connectivity index (χ2n) is 5.06. The zero-order valence-corrected chi connectivity index (χ0v) is 14.2. The Balaban J connectivity index is 1.82. The van der Waals surface area contributed by atoms with Gasteiger partial charge in [0.1, 0.15) is 11.0 Å². The molecule has 0 unspecified atom stereocenters. The van der Waals surface area contributed by atoms with Crippen molar-refractivity contribution < 1.29 is 4.39 Å². The van der Waals surface area contributed by atoms with E-state index in [1.54, 1.807) is 35.2 Å². The number of aromatic nitrogens is 2. The quantitative estimate of drug-likeness (QED) is 0.519. The number of hydrazone groups is 1. The van der Waals surface area contributed by atoms with Crippen molar-refractivity contribution in [1.29, 1.82) is 0 Å². The Morgan fingerprint density at radius 3 is 2.42 bits per heavy atom. The summed E-state index contributed by atoms with van der Waals surface area (Å²) in [6.07, 6.45) is 1.60. The first-order valence-electron chi connectivity index (χ1n) is 7.10. The average molecular weight is 363 g/mol. The zero-order chi connectivity index (χ0) is 17.1. The first-order valence-corrected chi connectivity index (χ1v) is 7.86. The average Bonchev–Trinajstić information content (AvgIpc) is 2.85. The zero-order valence-electron chi connectivity index (χ0n) is 12.7. The third-order valence-electron chi connectivity index (χ3n) is 3.35. The summed E-state index contributed by atoms with van der Waals surface area (Å²) in [5.74, 6) is -0.312. The molecule has 0 spiro atoms. The van der Waals surface area contributed by atoms with Gasteiger partial charge in [0.2, 0.25) is 0 Å². The van der Waals surface area contributed by atoms with Crippen LogP contribution in [0.3, 0.4) is 0 Å². The van der Waals surface area contributed by atoms with Crippen molar-refractivity contribution in [2.75, 3.05) is 5.43 Å². The van der Waals surface area contributed by atoms with Gasteiger partial charge in [0.05, 0.1) is 28.8 Å². The van der Waals surface area contributed by atoms with E-state index in [9.17, 15) is 4.39 Å². The summed E-state index contributed by atoms with van der Waals surface area (Å²) in [7, 11) is 0. The maximum Gasteiger partial charge on any atom is 0.142 e. The number of aryl methyl sites for hydroxylation is 1. The van der Waals surface area contributed by atoms with Crippen LogP contribution in [0.1, 0.15) is 11.3 Å². The molecule has 1 N–H and O–H groups in total. The third-order valence-corrected chi connectivity index (χ3v) is 3.97. The molecular formula is C17H13Cl2FN4. The summed E-state index contributed by atoms with van der Waals surface area (Å²) in [5, 5.41) is 9.60. The number of benzene rings is 2. The van der Waals surface area contributed by atoms with Gasteiger partial charge in [-0.25, -0.2) is 9.07 Å². The maximum absolute atomic E-state index is 13.0. The van der Waals surface area contributed by atoms with Crippen molar-refractivity contribution in [3.8, 4) is 5.69 Å². The number of anilines is 1. The number of hydrogen-bond acceptors (Lipinski definition) is 3. The number of nitrogens with one attached hydrogen (secondary N) is 1. The molecule has 1 heterocycles. The van der Waals surface area contributed by atoms with E-state index in [1.807, 2.05) is 19.1 Å². The summed E-state index contributed by atoms with van der Waals surface area (Å²) in [6.45, 7) is 1.83. The molecule has 0 fully saturated rings. The van der Waals surface area contributed by atoms with Crippen LogP contribution in [0.2, 0.25) is 10.2 Å². The second-order valence-corrected chi connectivity index (χ2v) is 5.85. The molecule has 3 aromatic rings. The third kappa shape index (κ3) is 3.58. The lowest BCUT2D eigenvalue weighted by molar-refractivity contribution is 0.627. The Labute approximate surface area is 148 Å². The monoisotopic (exact) mass is 362 g/mol. The molecular weight excluding hydrogens is 350 g/mol. The van der Waals surface area contributed by atoms with Gasteiger partial charge < -0.3 is 0 Å². The number of hydrogen-bond donors (Lipinski definition) is 1. The van der Waals surface area contributed by atoms with Crippen LogP contribution in [0, 0.1) is 12.7 Å². The number of nitrogens with zero attached hydrogens (tertiary/aromatic N) is 3. The van der Waals surface area contributed by atoms with Crippen molar-refractivity contribution >= 4 is 35.1 Å². The topological polar surface area (TPSA) is 42.2 Å². The molecule has 122 valence electrons. The maximum atomic E-state index is 13.0. The van der Waals surface area contributed by atoms with Crippen LogP contribution in [0.4, 0.5) is 10.1 Å². The fraction of sp³-hybridized carbons (Fsp3) is 0.0588. The standard InChI is InChI=1S/C17H13Cl2FN4/c1-11-16(10-21-22-14-6-2-12(18)3-7-14)17(19)24(23-11)15-8-4-13(20)5-9-15/h2-10,22H,1H3/b21-10+. The van der Waals surface area contributed by atoms with Gasteiger partial charge in [-0.15, -0.1) is 0 Å². The minimum absolute atomic E-state index is 0.312. The minimum atomic E-state index is -0.312. The highest BCUT2D eigenvalue weighted by atomic mass is 35.5. The summed E-state index contributed by atoms with van der Waals surface area (Å²) >= 11 is 12.2. The van der Waals surface area contributed by atoms with E-state index in [1.165, 1.54) is 12.1 Å². The molecule has 0 saturated heterocycles. The molecule has 0 aliphatic carbocycles. The summed E-state index contributed by atoms with van der Waals surface area (Å²) < 4.78 is 14.6. The van der Waals surface area contributed by atoms with Crippen molar-refractivity contribution in [1.82, 2.24) is 9.78 Å². The van der Waals surface area contributed by atoms with Crippen LogP contribution >= 0.6 is 23.2 Å². The fourth-order valence-electron chi connectivity index (χ4n) is 2.11. The molecule has 0 bridgehead atoms. The Kier molecular flexibility index (Phi) is 4.83. The Hall–Kier alpha value is -2.37. The minimum Gasteiger partial charge on any atom is -0.279 e. The molecule has 2 aromatic carbocycles. The van der Waals surface area contributed by atoms with Crippen molar-refractivity contribution in [2.24, 2.45) is 5.10 Å². The van der Waals surface area contributed by atoms with Gasteiger partial charge in [-0.1, -0.05) is 23.2 Å². The first kappa shape index (κ1) is 16.5. The molecule has 0 aliphatic rings. The van der Waals surface area contributed by atoms with Crippen molar-refractivity contribution in [3.05, 3.63) is 75.8 Å². The Morgan fingerprint density at radius 1 is 1.08 bits per heavy atom. The second kappa shape index (κ2) is 7.03. The molecule has 0 radical (unpaired) electrons. The number of rotatable bonds is 4. The van der Waals surface area contributed by atoms with E-state index in [4.69, 9.17) is 23.2 Å².